The van der Waals surface area contributed by atoms with Crippen molar-refractivity contribution in [3.05, 3.63) is 0 Å². The van der Waals surface area contributed by atoms with E-state index in [0.29, 0.717) is 12.1 Å². The van der Waals surface area contributed by atoms with Crippen molar-refractivity contribution < 1.29 is 9.53 Å². The number of rotatable bonds is 4. The first-order valence-corrected chi connectivity index (χ1v) is 5.25. The Balaban J connectivity index is 2.11. The monoisotopic (exact) mass is 203 g/mol. The van der Waals surface area contributed by atoms with Crippen LogP contribution in [0.4, 0.5) is 0 Å². The summed E-state index contributed by atoms with van der Waals surface area (Å²) in [5.74, 6) is 0.0169. The molecule has 3 nitrogen and oxygen atoms in total. The molecule has 1 unspecified atom stereocenters. The van der Waals surface area contributed by atoms with Gasteiger partial charge in [0.15, 0.2) is 0 Å². The second kappa shape index (κ2) is 4.86. The summed E-state index contributed by atoms with van der Waals surface area (Å²) in [5.41, 5.74) is 0. The molecular weight excluding hydrogens is 186 g/mol. The molecule has 0 saturated heterocycles. The van der Waals surface area contributed by atoms with Crippen LogP contribution in [0.15, 0.2) is 0 Å². The minimum absolute atomic E-state index is 0.0169. The molecule has 0 aromatic carbocycles. The number of hydrogen-bond donors (Lipinski definition) is 2. The van der Waals surface area contributed by atoms with Gasteiger partial charge in [0, 0.05) is 12.6 Å². The highest BCUT2D eigenvalue weighted by Gasteiger charge is 2.30. The minimum atomic E-state index is -0.217. The predicted octanol–water partition coefficient (Wildman–Crippen LogP) is 0.988. The number of hydrogen-bond acceptors (Lipinski definition) is 3. The smallest absolute Gasteiger partial charge is 0.232 e. The SMILES string of the molecule is CCOC1CC(NC(=O)C(C)S)C1. The van der Waals surface area contributed by atoms with Gasteiger partial charge in [-0.25, -0.2) is 0 Å². The van der Waals surface area contributed by atoms with Crippen LogP contribution in [-0.2, 0) is 9.53 Å². The molecule has 13 heavy (non-hydrogen) atoms. The van der Waals surface area contributed by atoms with Gasteiger partial charge in [0.05, 0.1) is 11.4 Å². The quantitative estimate of drug-likeness (QED) is 0.669. The normalized spacial score (nSPS) is 29.2. The molecule has 76 valence electrons. The summed E-state index contributed by atoms with van der Waals surface area (Å²) < 4.78 is 5.38. The molecule has 4 heteroatoms. The topological polar surface area (TPSA) is 38.3 Å². The molecule has 1 atom stereocenters. The number of ether oxygens (including phenoxy) is 1. The van der Waals surface area contributed by atoms with Crippen LogP contribution >= 0.6 is 12.6 Å². The third-order valence-electron chi connectivity index (χ3n) is 2.22. The van der Waals surface area contributed by atoms with Gasteiger partial charge in [-0.1, -0.05) is 0 Å². The van der Waals surface area contributed by atoms with Crippen molar-refractivity contribution in [1.82, 2.24) is 5.32 Å². The molecule has 1 amide bonds. The van der Waals surface area contributed by atoms with E-state index in [0.717, 1.165) is 19.4 Å². The summed E-state index contributed by atoms with van der Waals surface area (Å²) in [6, 6.07) is 0.304. The second-order valence-electron chi connectivity index (χ2n) is 3.43. The van der Waals surface area contributed by atoms with E-state index < -0.39 is 0 Å². The summed E-state index contributed by atoms with van der Waals surface area (Å²) in [6.45, 7) is 4.52. The van der Waals surface area contributed by atoms with Crippen molar-refractivity contribution in [2.24, 2.45) is 0 Å². The first kappa shape index (κ1) is 10.9. The van der Waals surface area contributed by atoms with Crippen molar-refractivity contribution in [3.63, 3.8) is 0 Å². The molecule has 0 aromatic heterocycles. The van der Waals surface area contributed by atoms with E-state index in [1.807, 2.05) is 6.92 Å². The van der Waals surface area contributed by atoms with Crippen molar-refractivity contribution >= 4 is 18.5 Å². The molecule has 1 N–H and O–H groups in total. The van der Waals surface area contributed by atoms with Gasteiger partial charge in [0.2, 0.25) is 5.91 Å². The van der Waals surface area contributed by atoms with E-state index in [1.165, 1.54) is 0 Å². The van der Waals surface area contributed by atoms with Gasteiger partial charge in [0.1, 0.15) is 0 Å². The van der Waals surface area contributed by atoms with E-state index in [2.05, 4.69) is 17.9 Å². The maximum atomic E-state index is 11.2. The third kappa shape index (κ3) is 3.19. The van der Waals surface area contributed by atoms with Gasteiger partial charge in [-0.15, -0.1) is 0 Å². The molecule has 0 radical (unpaired) electrons. The molecule has 0 heterocycles. The van der Waals surface area contributed by atoms with Crippen LogP contribution < -0.4 is 5.32 Å². The van der Waals surface area contributed by atoms with Gasteiger partial charge in [-0.05, 0) is 26.7 Å². The van der Waals surface area contributed by atoms with Crippen LogP contribution in [-0.4, -0.2) is 29.9 Å². The lowest BCUT2D eigenvalue weighted by Gasteiger charge is -2.35. The maximum absolute atomic E-state index is 11.2. The molecule has 1 rings (SSSR count). The highest BCUT2D eigenvalue weighted by molar-refractivity contribution is 7.81. The van der Waals surface area contributed by atoms with Crippen molar-refractivity contribution in [3.8, 4) is 0 Å². The summed E-state index contributed by atoms with van der Waals surface area (Å²) in [4.78, 5) is 11.2. The Morgan fingerprint density at radius 1 is 1.69 bits per heavy atom. The average Bonchev–Trinajstić information content (AvgIpc) is 2.00. The van der Waals surface area contributed by atoms with Crippen LogP contribution in [0.2, 0.25) is 0 Å². The van der Waals surface area contributed by atoms with E-state index in [-0.39, 0.29) is 11.2 Å². The molecule has 1 saturated carbocycles. The molecular formula is C9H17NO2S. The molecule has 1 fully saturated rings. The highest BCUT2D eigenvalue weighted by atomic mass is 32.1. The molecule has 1 aliphatic rings. The highest BCUT2D eigenvalue weighted by Crippen LogP contribution is 2.23. The van der Waals surface area contributed by atoms with E-state index in [4.69, 9.17) is 4.74 Å². The zero-order valence-electron chi connectivity index (χ0n) is 8.12. The summed E-state index contributed by atoms with van der Waals surface area (Å²) in [5, 5.41) is 2.69. The molecule has 0 spiro atoms. The molecule has 0 aromatic rings. The Morgan fingerprint density at radius 2 is 2.31 bits per heavy atom. The third-order valence-corrected chi connectivity index (χ3v) is 2.46. The number of carbonyl (C=O) groups excluding carboxylic acids is 1. The van der Waals surface area contributed by atoms with Crippen molar-refractivity contribution in [1.29, 1.82) is 0 Å². The van der Waals surface area contributed by atoms with E-state index in [1.54, 1.807) is 6.92 Å². The Labute approximate surface area is 84.6 Å². The lowest BCUT2D eigenvalue weighted by atomic mass is 9.89. The number of amides is 1. The van der Waals surface area contributed by atoms with Crippen molar-refractivity contribution in [2.45, 2.75) is 44.1 Å². The number of carbonyl (C=O) groups is 1. The fourth-order valence-electron chi connectivity index (χ4n) is 1.38. The van der Waals surface area contributed by atoms with Crippen LogP contribution in [0.3, 0.4) is 0 Å². The molecule has 0 bridgehead atoms. The predicted molar refractivity (Wildman–Crippen MR) is 55.0 cm³/mol. The Bertz CT molecular complexity index is 178. The summed E-state index contributed by atoms with van der Waals surface area (Å²) in [6.07, 6.45) is 2.24. The molecule has 1 aliphatic carbocycles. The Hall–Kier alpha value is -0.220. The largest absolute Gasteiger partial charge is 0.378 e. The maximum Gasteiger partial charge on any atom is 0.232 e. The van der Waals surface area contributed by atoms with Gasteiger partial charge in [0.25, 0.3) is 0 Å². The Kier molecular flexibility index (Phi) is 4.06. The summed E-state index contributed by atoms with van der Waals surface area (Å²) in [7, 11) is 0. The lowest BCUT2D eigenvalue weighted by Crippen LogP contribution is -2.49. The lowest BCUT2D eigenvalue weighted by molar-refractivity contribution is -0.122. The van der Waals surface area contributed by atoms with Crippen LogP contribution in [0.1, 0.15) is 26.7 Å². The van der Waals surface area contributed by atoms with E-state index >= 15 is 0 Å². The van der Waals surface area contributed by atoms with Gasteiger partial charge < -0.3 is 10.1 Å². The van der Waals surface area contributed by atoms with Gasteiger partial charge in [-0.3, -0.25) is 4.79 Å². The molecule has 0 aliphatic heterocycles. The first-order chi connectivity index (χ1) is 6.13. The minimum Gasteiger partial charge on any atom is -0.378 e. The Morgan fingerprint density at radius 3 is 2.77 bits per heavy atom. The summed E-state index contributed by atoms with van der Waals surface area (Å²) >= 11 is 4.05. The van der Waals surface area contributed by atoms with Gasteiger partial charge >= 0.3 is 0 Å². The standard InChI is InChI=1S/C9H17NO2S/c1-3-12-8-4-7(5-8)10-9(11)6(2)13/h6-8,13H,3-5H2,1-2H3,(H,10,11). The van der Waals surface area contributed by atoms with Crippen LogP contribution in [0.25, 0.3) is 0 Å². The number of nitrogens with one attached hydrogen (secondary N) is 1. The second-order valence-corrected chi connectivity index (χ2v) is 4.20. The average molecular weight is 203 g/mol. The van der Waals surface area contributed by atoms with E-state index in [9.17, 15) is 4.79 Å². The van der Waals surface area contributed by atoms with Crippen LogP contribution in [0, 0.1) is 0 Å². The number of thiol groups is 1. The fourth-order valence-corrected chi connectivity index (χ4v) is 1.45. The zero-order valence-corrected chi connectivity index (χ0v) is 9.01. The van der Waals surface area contributed by atoms with Gasteiger partial charge in [-0.2, -0.15) is 12.6 Å². The van der Waals surface area contributed by atoms with Crippen LogP contribution in [0.5, 0.6) is 0 Å². The first-order valence-electron chi connectivity index (χ1n) is 4.73. The van der Waals surface area contributed by atoms with Crippen molar-refractivity contribution in [2.75, 3.05) is 6.61 Å². The zero-order chi connectivity index (χ0) is 9.84. The fraction of sp³-hybridized carbons (Fsp3) is 0.889.